The Labute approximate surface area is 109 Å². The molecule has 0 rings (SSSR count). The molecule has 0 aromatic carbocycles. The van der Waals surface area contributed by atoms with Crippen LogP contribution in [0.2, 0.25) is 0 Å². The molecule has 0 aliphatic carbocycles. The minimum atomic E-state index is -1.18. The van der Waals surface area contributed by atoms with Crippen molar-refractivity contribution >= 4 is 11.9 Å². The largest absolute Gasteiger partial charge is 0.465 e. The Hall–Kier alpha value is -1.10. The van der Waals surface area contributed by atoms with E-state index >= 15 is 0 Å². The molecule has 0 radical (unpaired) electrons. The fourth-order valence-corrected chi connectivity index (χ4v) is 1.66. The van der Waals surface area contributed by atoms with Crippen molar-refractivity contribution in [3.05, 3.63) is 0 Å². The van der Waals surface area contributed by atoms with Gasteiger partial charge in [0.25, 0.3) is 0 Å². The van der Waals surface area contributed by atoms with Crippen LogP contribution in [-0.4, -0.2) is 38.4 Å². The molecule has 18 heavy (non-hydrogen) atoms. The molecule has 0 aliphatic rings. The van der Waals surface area contributed by atoms with Crippen molar-refractivity contribution in [2.45, 2.75) is 40.5 Å². The van der Waals surface area contributed by atoms with Gasteiger partial charge in [0, 0.05) is 6.61 Å². The van der Waals surface area contributed by atoms with Crippen LogP contribution in [0, 0.1) is 5.41 Å². The molecule has 0 N–H and O–H groups in total. The number of carbonyl (C=O) groups is 2. The second-order valence-electron chi connectivity index (χ2n) is 3.84. The van der Waals surface area contributed by atoms with Gasteiger partial charge in [0.15, 0.2) is 5.41 Å². The molecule has 5 heteroatoms. The molecule has 0 spiro atoms. The van der Waals surface area contributed by atoms with Crippen molar-refractivity contribution in [3.63, 3.8) is 0 Å². The van der Waals surface area contributed by atoms with Crippen molar-refractivity contribution in [2.75, 3.05) is 26.4 Å². The Morgan fingerprint density at radius 3 is 1.83 bits per heavy atom. The van der Waals surface area contributed by atoms with E-state index in [4.69, 9.17) is 14.2 Å². The molecule has 0 saturated heterocycles. The van der Waals surface area contributed by atoms with Gasteiger partial charge in [-0.3, -0.25) is 9.59 Å². The lowest BCUT2D eigenvalue weighted by molar-refractivity contribution is -0.173. The Balaban J connectivity index is 4.56. The first-order valence-corrected chi connectivity index (χ1v) is 6.51. The van der Waals surface area contributed by atoms with Gasteiger partial charge in [0.1, 0.15) is 6.61 Å². The van der Waals surface area contributed by atoms with Gasteiger partial charge in [-0.25, -0.2) is 0 Å². The van der Waals surface area contributed by atoms with E-state index in [1.54, 1.807) is 20.8 Å². The lowest BCUT2D eigenvalue weighted by atomic mass is 9.82. The second kappa shape index (κ2) is 8.91. The molecule has 0 aliphatic heterocycles. The van der Waals surface area contributed by atoms with Crippen molar-refractivity contribution < 1.29 is 23.8 Å². The van der Waals surface area contributed by atoms with Crippen LogP contribution in [0.15, 0.2) is 0 Å². The lowest BCUT2D eigenvalue weighted by Gasteiger charge is -2.26. The van der Waals surface area contributed by atoms with Gasteiger partial charge in [-0.05, 0) is 26.7 Å². The van der Waals surface area contributed by atoms with Gasteiger partial charge in [-0.15, -0.1) is 0 Å². The zero-order valence-corrected chi connectivity index (χ0v) is 11.8. The molecule has 0 bridgehead atoms. The molecule has 0 atom stereocenters. The maximum absolute atomic E-state index is 12.0. The first-order valence-electron chi connectivity index (χ1n) is 6.51. The molecule has 0 amide bonds. The SMILES string of the molecule is CCOCCOC(=O)C(CC)(CC)C(=O)OCC. The van der Waals surface area contributed by atoms with E-state index in [1.165, 1.54) is 0 Å². The van der Waals surface area contributed by atoms with Crippen LogP contribution < -0.4 is 0 Å². The standard InChI is InChI=1S/C13H24O5/c1-5-13(6-2,11(14)17-8-4)12(15)18-10-9-16-7-3/h5-10H2,1-4H3. The topological polar surface area (TPSA) is 61.8 Å². The fraction of sp³-hybridized carbons (Fsp3) is 0.846. The molecular weight excluding hydrogens is 236 g/mol. The highest BCUT2D eigenvalue weighted by Crippen LogP contribution is 2.30. The van der Waals surface area contributed by atoms with E-state index in [9.17, 15) is 9.59 Å². The minimum absolute atomic E-state index is 0.161. The van der Waals surface area contributed by atoms with Gasteiger partial charge in [-0.2, -0.15) is 0 Å². The summed E-state index contributed by atoms with van der Waals surface area (Å²) >= 11 is 0. The van der Waals surface area contributed by atoms with Gasteiger partial charge >= 0.3 is 11.9 Å². The van der Waals surface area contributed by atoms with E-state index in [-0.39, 0.29) is 13.2 Å². The Morgan fingerprint density at radius 1 is 0.833 bits per heavy atom. The van der Waals surface area contributed by atoms with E-state index in [0.29, 0.717) is 26.1 Å². The molecule has 0 fully saturated rings. The summed E-state index contributed by atoms with van der Waals surface area (Å²) in [7, 11) is 0. The number of carbonyl (C=O) groups excluding carboxylic acids is 2. The number of ether oxygens (including phenoxy) is 3. The molecule has 0 aromatic heterocycles. The van der Waals surface area contributed by atoms with Gasteiger partial charge in [0.05, 0.1) is 13.2 Å². The zero-order valence-electron chi connectivity index (χ0n) is 11.8. The zero-order chi connectivity index (χ0) is 14.0. The van der Waals surface area contributed by atoms with E-state index in [0.717, 1.165) is 0 Å². The predicted octanol–water partition coefficient (Wildman–Crippen LogP) is 1.94. The minimum Gasteiger partial charge on any atom is -0.465 e. The molecule has 0 saturated carbocycles. The maximum Gasteiger partial charge on any atom is 0.323 e. The van der Waals surface area contributed by atoms with Crippen molar-refractivity contribution in [2.24, 2.45) is 5.41 Å². The van der Waals surface area contributed by atoms with E-state index in [2.05, 4.69) is 0 Å². The van der Waals surface area contributed by atoms with Crippen LogP contribution in [0.4, 0.5) is 0 Å². The van der Waals surface area contributed by atoms with Crippen LogP contribution in [0.3, 0.4) is 0 Å². The third-order valence-corrected chi connectivity index (χ3v) is 2.93. The molecule has 106 valence electrons. The summed E-state index contributed by atoms with van der Waals surface area (Å²) in [5, 5.41) is 0. The Morgan fingerprint density at radius 2 is 1.39 bits per heavy atom. The number of hydrogen-bond donors (Lipinski definition) is 0. The van der Waals surface area contributed by atoms with Crippen LogP contribution in [-0.2, 0) is 23.8 Å². The average molecular weight is 260 g/mol. The highest BCUT2D eigenvalue weighted by molar-refractivity contribution is 5.99. The van der Waals surface area contributed by atoms with Gasteiger partial charge < -0.3 is 14.2 Å². The monoisotopic (exact) mass is 260 g/mol. The summed E-state index contributed by atoms with van der Waals surface area (Å²) < 4.78 is 15.1. The second-order valence-corrected chi connectivity index (χ2v) is 3.84. The Kier molecular flexibility index (Phi) is 8.37. The molecule has 5 nitrogen and oxygen atoms in total. The van der Waals surface area contributed by atoms with Crippen LogP contribution >= 0.6 is 0 Å². The van der Waals surface area contributed by atoms with Crippen LogP contribution in [0.1, 0.15) is 40.5 Å². The van der Waals surface area contributed by atoms with Crippen molar-refractivity contribution in [3.8, 4) is 0 Å². The lowest BCUT2D eigenvalue weighted by Crippen LogP contribution is -2.41. The average Bonchev–Trinajstić information content (AvgIpc) is 2.37. The Bertz CT molecular complexity index is 258. The summed E-state index contributed by atoms with van der Waals surface area (Å²) in [4.78, 5) is 23.9. The summed E-state index contributed by atoms with van der Waals surface area (Å²) in [6, 6.07) is 0. The first kappa shape index (κ1) is 16.9. The van der Waals surface area contributed by atoms with E-state index < -0.39 is 17.4 Å². The third-order valence-electron chi connectivity index (χ3n) is 2.93. The smallest absolute Gasteiger partial charge is 0.323 e. The first-order chi connectivity index (χ1) is 8.58. The predicted molar refractivity (Wildman–Crippen MR) is 67.1 cm³/mol. The molecule has 0 aromatic rings. The van der Waals surface area contributed by atoms with Crippen LogP contribution in [0.25, 0.3) is 0 Å². The molecular formula is C13H24O5. The quantitative estimate of drug-likeness (QED) is 0.360. The van der Waals surface area contributed by atoms with Gasteiger partial charge in [0.2, 0.25) is 0 Å². The highest BCUT2D eigenvalue weighted by Gasteiger charge is 2.45. The maximum atomic E-state index is 12.0. The number of rotatable bonds is 9. The third kappa shape index (κ3) is 4.29. The number of hydrogen-bond acceptors (Lipinski definition) is 5. The normalized spacial score (nSPS) is 11.1. The summed E-state index contributed by atoms with van der Waals surface area (Å²) in [6.07, 6.45) is 0.742. The van der Waals surface area contributed by atoms with Crippen molar-refractivity contribution in [1.29, 1.82) is 0 Å². The molecule has 0 heterocycles. The van der Waals surface area contributed by atoms with Crippen molar-refractivity contribution in [1.82, 2.24) is 0 Å². The van der Waals surface area contributed by atoms with Crippen LogP contribution in [0.5, 0.6) is 0 Å². The number of esters is 2. The van der Waals surface area contributed by atoms with Gasteiger partial charge in [-0.1, -0.05) is 13.8 Å². The fourth-order valence-electron chi connectivity index (χ4n) is 1.66. The van der Waals surface area contributed by atoms with E-state index in [1.807, 2.05) is 6.92 Å². The summed E-state index contributed by atoms with van der Waals surface area (Å²) in [6.45, 7) is 8.48. The highest BCUT2D eigenvalue weighted by atomic mass is 16.6. The molecule has 0 unspecified atom stereocenters. The summed E-state index contributed by atoms with van der Waals surface area (Å²) in [5.41, 5.74) is -1.18. The summed E-state index contributed by atoms with van der Waals surface area (Å²) in [5.74, 6) is -1.03.